The summed E-state index contributed by atoms with van der Waals surface area (Å²) in [5, 5.41) is 0. The largest absolute Gasteiger partial charge is 0.205 e. The predicted molar refractivity (Wildman–Crippen MR) is 126 cm³/mol. The lowest BCUT2D eigenvalue weighted by molar-refractivity contribution is -0.697. The fraction of sp³-hybridized carbons (Fsp3) is 0.429. The van der Waals surface area contributed by atoms with Crippen molar-refractivity contribution in [1.29, 1.82) is 0 Å². The first-order chi connectivity index (χ1) is 14.8. The number of hydrogen-bond acceptors (Lipinski definition) is 0. The average Bonchev–Trinajstić information content (AvgIpc) is 2.81. The number of aromatic nitrogens is 2. The fourth-order valence-corrected chi connectivity index (χ4v) is 3.90. The Morgan fingerprint density at radius 1 is 0.433 bits per heavy atom. The van der Waals surface area contributed by atoms with Gasteiger partial charge in [-0.15, -0.1) is 0 Å². The molecule has 2 heteroatoms. The van der Waals surface area contributed by atoms with E-state index in [-0.39, 0.29) is 0 Å². The van der Waals surface area contributed by atoms with Gasteiger partial charge < -0.3 is 0 Å². The number of pyridine rings is 2. The third kappa shape index (κ3) is 6.79. The molecule has 0 amide bonds. The smallest absolute Gasteiger partial charge is 0.169 e. The molecule has 0 N–H and O–H groups in total. The van der Waals surface area contributed by atoms with Crippen LogP contribution < -0.4 is 9.13 Å². The van der Waals surface area contributed by atoms with Gasteiger partial charge in [-0.1, -0.05) is 63.8 Å². The van der Waals surface area contributed by atoms with Gasteiger partial charge in [0.25, 0.3) is 0 Å². The van der Waals surface area contributed by atoms with Crippen molar-refractivity contribution in [3.8, 4) is 22.3 Å². The summed E-state index contributed by atoms with van der Waals surface area (Å²) in [4.78, 5) is 0. The van der Waals surface area contributed by atoms with E-state index in [1.807, 2.05) is 0 Å². The second-order valence-corrected chi connectivity index (χ2v) is 8.35. The van der Waals surface area contributed by atoms with Crippen LogP contribution >= 0.6 is 0 Å². The lowest BCUT2D eigenvalue weighted by atomic mass is 10.0. The third-order valence-corrected chi connectivity index (χ3v) is 5.87. The summed E-state index contributed by atoms with van der Waals surface area (Å²) in [5.74, 6) is 0. The predicted octanol–water partition coefficient (Wildman–Crippen LogP) is 6.76. The summed E-state index contributed by atoms with van der Waals surface area (Å²) >= 11 is 0. The topological polar surface area (TPSA) is 7.76 Å². The quantitative estimate of drug-likeness (QED) is 0.234. The Kier molecular flexibility index (Phi) is 9.08. The molecular formula is C28H38N2+2. The SMILES string of the molecule is CCCCCC[n+]1ccc(-c2ccc(-c3cc[n+](CCCCCC)cc3)cc2)cc1. The van der Waals surface area contributed by atoms with Crippen LogP contribution in [0, 0.1) is 0 Å². The summed E-state index contributed by atoms with van der Waals surface area (Å²) in [7, 11) is 0. The minimum absolute atomic E-state index is 1.12. The van der Waals surface area contributed by atoms with Crippen LogP contribution in [-0.2, 0) is 13.1 Å². The maximum atomic E-state index is 2.30. The number of rotatable bonds is 12. The van der Waals surface area contributed by atoms with Gasteiger partial charge >= 0.3 is 0 Å². The summed E-state index contributed by atoms with van der Waals surface area (Å²) < 4.78 is 4.60. The highest BCUT2D eigenvalue weighted by Gasteiger charge is 2.06. The van der Waals surface area contributed by atoms with E-state index in [1.54, 1.807) is 0 Å². The van der Waals surface area contributed by atoms with Crippen molar-refractivity contribution in [2.24, 2.45) is 0 Å². The van der Waals surface area contributed by atoms with E-state index < -0.39 is 0 Å². The molecule has 0 aliphatic carbocycles. The van der Waals surface area contributed by atoms with Gasteiger partial charge in [0.15, 0.2) is 24.8 Å². The summed E-state index contributed by atoms with van der Waals surface area (Å²) in [6.45, 7) is 6.76. The van der Waals surface area contributed by atoms with Crippen LogP contribution in [0.4, 0.5) is 0 Å². The number of hydrogen-bond donors (Lipinski definition) is 0. The fourth-order valence-electron chi connectivity index (χ4n) is 3.90. The molecule has 0 atom stereocenters. The van der Waals surface area contributed by atoms with E-state index in [0.29, 0.717) is 0 Å². The van der Waals surface area contributed by atoms with E-state index in [0.717, 1.165) is 13.1 Å². The van der Waals surface area contributed by atoms with E-state index >= 15 is 0 Å². The van der Waals surface area contributed by atoms with Gasteiger partial charge in [-0.25, -0.2) is 9.13 Å². The normalized spacial score (nSPS) is 11.0. The van der Waals surface area contributed by atoms with Crippen molar-refractivity contribution in [2.45, 2.75) is 78.3 Å². The van der Waals surface area contributed by atoms with Gasteiger partial charge in [-0.2, -0.15) is 0 Å². The van der Waals surface area contributed by atoms with Crippen LogP contribution in [0.25, 0.3) is 22.3 Å². The molecule has 158 valence electrons. The van der Waals surface area contributed by atoms with Crippen LogP contribution in [0.2, 0.25) is 0 Å². The van der Waals surface area contributed by atoms with Gasteiger partial charge in [0.1, 0.15) is 13.1 Å². The molecule has 0 saturated heterocycles. The molecule has 0 bridgehead atoms. The molecule has 0 radical (unpaired) electrons. The van der Waals surface area contributed by atoms with Crippen LogP contribution in [0.15, 0.2) is 73.3 Å². The molecule has 0 unspecified atom stereocenters. The summed E-state index contributed by atoms with van der Waals surface area (Å²) in [6, 6.07) is 17.9. The van der Waals surface area contributed by atoms with Gasteiger partial charge in [-0.3, -0.25) is 0 Å². The molecule has 3 aromatic rings. The van der Waals surface area contributed by atoms with Gasteiger partial charge in [-0.05, 0) is 35.1 Å². The van der Waals surface area contributed by atoms with Crippen molar-refractivity contribution in [3.63, 3.8) is 0 Å². The Hall–Kier alpha value is -2.48. The highest BCUT2D eigenvalue weighted by Crippen LogP contribution is 2.23. The molecule has 0 aliphatic heterocycles. The zero-order valence-corrected chi connectivity index (χ0v) is 18.9. The molecular weight excluding hydrogens is 364 g/mol. The average molecular weight is 403 g/mol. The van der Waals surface area contributed by atoms with Crippen LogP contribution in [0.3, 0.4) is 0 Å². The van der Waals surface area contributed by atoms with Crippen molar-refractivity contribution in [3.05, 3.63) is 73.3 Å². The number of unbranched alkanes of at least 4 members (excludes halogenated alkanes) is 6. The van der Waals surface area contributed by atoms with Crippen LogP contribution in [-0.4, -0.2) is 0 Å². The van der Waals surface area contributed by atoms with Crippen molar-refractivity contribution in [2.75, 3.05) is 0 Å². The zero-order chi connectivity index (χ0) is 21.0. The highest BCUT2D eigenvalue weighted by molar-refractivity contribution is 5.69. The standard InChI is InChI=1S/C28H38N2/c1-3-5-7-9-19-29-21-15-27(16-22-29)25-11-13-26(14-12-25)28-17-23-30(24-18-28)20-10-8-6-4-2/h11-18,21-24H,3-10,19-20H2,1-2H3/q+2. The first-order valence-electron chi connectivity index (χ1n) is 11.9. The van der Waals surface area contributed by atoms with Crippen molar-refractivity contribution in [1.82, 2.24) is 0 Å². The van der Waals surface area contributed by atoms with Gasteiger partial charge in [0.2, 0.25) is 0 Å². The molecule has 2 nitrogen and oxygen atoms in total. The second kappa shape index (κ2) is 12.3. The minimum Gasteiger partial charge on any atom is -0.205 e. The second-order valence-electron chi connectivity index (χ2n) is 8.35. The molecule has 0 spiro atoms. The molecule has 1 aromatic carbocycles. The lowest BCUT2D eigenvalue weighted by Crippen LogP contribution is -2.32. The Bertz CT molecular complexity index is 774. The van der Waals surface area contributed by atoms with E-state index in [4.69, 9.17) is 0 Å². The summed E-state index contributed by atoms with van der Waals surface area (Å²) in [6.07, 6.45) is 19.3. The van der Waals surface area contributed by atoms with Crippen LogP contribution in [0.5, 0.6) is 0 Å². The number of benzene rings is 1. The Morgan fingerprint density at radius 3 is 1.10 bits per heavy atom. The monoisotopic (exact) mass is 402 g/mol. The molecule has 2 heterocycles. The Balaban J connectivity index is 1.56. The maximum absolute atomic E-state index is 2.30. The molecule has 2 aromatic heterocycles. The number of aryl methyl sites for hydroxylation is 2. The Labute approximate surface area is 183 Å². The molecule has 0 saturated carbocycles. The zero-order valence-electron chi connectivity index (χ0n) is 18.9. The first kappa shape index (κ1) is 22.2. The molecule has 0 aliphatic rings. The Morgan fingerprint density at radius 2 is 0.767 bits per heavy atom. The third-order valence-electron chi connectivity index (χ3n) is 5.87. The van der Waals surface area contributed by atoms with E-state index in [2.05, 4.69) is 96.3 Å². The molecule has 3 rings (SSSR count). The summed E-state index contributed by atoms with van der Waals surface area (Å²) in [5.41, 5.74) is 5.12. The van der Waals surface area contributed by atoms with Crippen LogP contribution in [0.1, 0.15) is 65.2 Å². The maximum Gasteiger partial charge on any atom is 0.169 e. The van der Waals surface area contributed by atoms with Gasteiger partial charge in [0, 0.05) is 37.1 Å². The first-order valence-corrected chi connectivity index (χ1v) is 11.9. The highest BCUT2D eigenvalue weighted by atomic mass is 14.9. The van der Waals surface area contributed by atoms with Crippen molar-refractivity contribution < 1.29 is 9.13 Å². The van der Waals surface area contributed by atoms with Gasteiger partial charge in [0.05, 0.1) is 0 Å². The van der Waals surface area contributed by atoms with E-state index in [1.165, 1.54) is 73.6 Å². The molecule has 0 fully saturated rings. The lowest BCUT2D eigenvalue weighted by Gasteiger charge is -2.05. The number of nitrogens with zero attached hydrogens (tertiary/aromatic N) is 2. The van der Waals surface area contributed by atoms with Crippen molar-refractivity contribution >= 4 is 0 Å². The molecule has 30 heavy (non-hydrogen) atoms. The minimum atomic E-state index is 1.12. The van der Waals surface area contributed by atoms with E-state index in [9.17, 15) is 0 Å².